The van der Waals surface area contributed by atoms with E-state index in [9.17, 15) is 4.39 Å². The number of hydrogen-bond acceptors (Lipinski definition) is 2. The highest BCUT2D eigenvalue weighted by Crippen LogP contribution is 2.09. The van der Waals surface area contributed by atoms with Gasteiger partial charge in [0.1, 0.15) is 5.82 Å². The molecule has 1 aromatic carbocycles. The Morgan fingerprint density at radius 3 is 2.86 bits per heavy atom. The molecule has 0 aliphatic carbocycles. The number of halogens is 1. The highest BCUT2D eigenvalue weighted by molar-refractivity contribution is 5.79. The molecule has 5 nitrogen and oxygen atoms in total. The number of benzene rings is 1. The van der Waals surface area contributed by atoms with E-state index in [-0.39, 0.29) is 5.82 Å². The highest BCUT2D eigenvalue weighted by Gasteiger charge is 2.01. The van der Waals surface area contributed by atoms with E-state index in [1.54, 1.807) is 19.2 Å². The molecule has 0 aliphatic heterocycles. The summed E-state index contributed by atoms with van der Waals surface area (Å²) >= 11 is 0. The molecule has 2 aromatic rings. The van der Waals surface area contributed by atoms with Crippen LogP contribution in [0.3, 0.4) is 0 Å². The van der Waals surface area contributed by atoms with Crippen molar-refractivity contribution in [2.75, 3.05) is 6.54 Å². The van der Waals surface area contributed by atoms with Gasteiger partial charge in [-0.1, -0.05) is 12.1 Å². The zero-order chi connectivity index (χ0) is 15.1. The fraction of sp³-hybridized carbons (Fsp3) is 0.333. The summed E-state index contributed by atoms with van der Waals surface area (Å²) in [5.41, 5.74) is 2.46. The minimum atomic E-state index is -0.196. The van der Waals surface area contributed by atoms with Gasteiger partial charge in [-0.2, -0.15) is 5.10 Å². The predicted octanol–water partition coefficient (Wildman–Crippen LogP) is 2.11. The molecule has 0 bridgehead atoms. The van der Waals surface area contributed by atoms with Crippen LogP contribution in [0.2, 0.25) is 0 Å². The number of rotatable bonds is 5. The Labute approximate surface area is 123 Å². The normalized spacial score (nSPS) is 11.5. The van der Waals surface area contributed by atoms with Crippen molar-refractivity contribution in [3.8, 4) is 0 Å². The molecule has 1 heterocycles. The first-order valence-corrected chi connectivity index (χ1v) is 6.94. The summed E-state index contributed by atoms with van der Waals surface area (Å²) in [5.74, 6) is 0.492. The molecule has 0 amide bonds. The summed E-state index contributed by atoms with van der Waals surface area (Å²) < 4.78 is 13.5. The third kappa shape index (κ3) is 4.59. The number of hydrogen-bond donors (Lipinski definition) is 3. The molecular weight excluding hydrogens is 269 g/mol. The van der Waals surface area contributed by atoms with Crippen molar-refractivity contribution >= 4 is 5.96 Å². The molecule has 21 heavy (non-hydrogen) atoms. The van der Waals surface area contributed by atoms with Gasteiger partial charge in [0.15, 0.2) is 5.96 Å². The number of guanidine groups is 1. The van der Waals surface area contributed by atoms with Crippen molar-refractivity contribution in [1.29, 1.82) is 0 Å². The van der Waals surface area contributed by atoms with Crippen LogP contribution >= 0.6 is 0 Å². The largest absolute Gasteiger partial charge is 0.357 e. The standard InChI is InChI=1S/C15H20FN5/c1-3-17-15(19-10-13-6-7-20-21-13)18-9-12-5-4-11(2)14(16)8-12/h4-8H,3,9-10H2,1-2H3,(H,20,21)(H2,17,18,19). The Morgan fingerprint density at radius 1 is 1.33 bits per heavy atom. The van der Waals surface area contributed by atoms with Crippen LogP contribution < -0.4 is 10.6 Å². The zero-order valence-corrected chi connectivity index (χ0v) is 12.3. The van der Waals surface area contributed by atoms with Crippen LogP contribution in [0.25, 0.3) is 0 Å². The first-order valence-electron chi connectivity index (χ1n) is 6.94. The summed E-state index contributed by atoms with van der Waals surface area (Å²) in [4.78, 5) is 4.45. The van der Waals surface area contributed by atoms with Gasteiger partial charge in [0, 0.05) is 12.7 Å². The van der Waals surface area contributed by atoms with E-state index in [0.717, 1.165) is 17.8 Å². The number of aliphatic imine (C=N–C) groups is 1. The molecule has 0 atom stereocenters. The summed E-state index contributed by atoms with van der Waals surface area (Å²) in [6.07, 6.45) is 1.70. The Hall–Kier alpha value is -2.37. The average molecular weight is 289 g/mol. The number of nitrogens with one attached hydrogen (secondary N) is 3. The molecule has 1 aromatic heterocycles. The van der Waals surface area contributed by atoms with E-state index < -0.39 is 0 Å². The van der Waals surface area contributed by atoms with Crippen LogP contribution in [-0.2, 0) is 13.1 Å². The number of aromatic nitrogens is 2. The minimum Gasteiger partial charge on any atom is -0.357 e. The quantitative estimate of drug-likeness (QED) is 0.583. The molecule has 3 N–H and O–H groups in total. The monoisotopic (exact) mass is 289 g/mol. The van der Waals surface area contributed by atoms with Gasteiger partial charge in [-0.3, -0.25) is 5.10 Å². The van der Waals surface area contributed by atoms with Gasteiger partial charge in [-0.25, -0.2) is 9.38 Å². The van der Waals surface area contributed by atoms with Gasteiger partial charge < -0.3 is 10.6 Å². The smallest absolute Gasteiger partial charge is 0.191 e. The van der Waals surface area contributed by atoms with Crippen molar-refractivity contribution in [3.05, 3.63) is 53.1 Å². The van der Waals surface area contributed by atoms with Gasteiger partial charge in [-0.05, 0) is 37.1 Å². The predicted molar refractivity (Wildman–Crippen MR) is 81.4 cm³/mol. The average Bonchev–Trinajstić information content (AvgIpc) is 2.99. The second kappa shape index (κ2) is 7.42. The van der Waals surface area contributed by atoms with Gasteiger partial charge in [0.25, 0.3) is 0 Å². The topological polar surface area (TPSA) is 65.1 Å². The molecule has 6 heteroatoms. The van der Waals surface area contributed by atoms with E-state index in [1.807, 2.05) is 19.1 Å². The first kappa shape index (κ1) is 15.0. The van der Waals surface area contributed by atoms with Crippen LogP contribution in [0.5, 0.6) is 0 Å². The molecule has 0 saturated carbocycles. The SMILES string of the molecule is CCNC(=NCc1ccc(C)c(F)c1)NCc1ccn[nH]1. The minimum absolute atomic E-state index is 0.196. The lowest BCUT2D eigenvalue weighted by Crippen LogP contribution is -2.36. The van der Waals surface area contributed by atoms with Crippen LogP contribution in [0, 0.1) is 12.7 Å². The lowest BCUT2D eigenvalue weighted by Gasteiger charge is -2.10. The summed E-state index contributed by atoms with van der Waals surface area (Å²) in [5, 5.41) is 13.1. The van der Waals surface area contributed by atoms with E-state index in [2.05, 4.69) is 25.8 Å². The van der Waals surface area contributed by atoms with Crippen molar-refractivity contribution in [2.24, 2.45) is 4.99 Å². The van der Waals surface area contributed by atoms with E-state index in [1.165, 1.54) is 6.07 Å². The van der Waals surface area contributed by atoms with Gasteiger partial charge >= 0.3 is 0 Å². The van der Waals surface area contributed by atoms with Crippen LogP contribution in [0.1, 0.15) is 23.7 Å². The lowest BCUT2D eigenvalue weighted by atomic mass is 10.1. The number of H-pyrrole nitrogens is 1. The number of nitrogens with zero attached hydrogens (tertiary/aromatic N) is 2. The Balaban J connectivity index is 1.97. The van der Waals surface area contributed by atoms with Gasteiger partial charge in [0.2, 0.25) is 0 Å². The van der Waals surface area contributed by atoms with Crippen LogP contribution in [0.4, 0.5) is 4.39 Å². The zero-order valence-electron chi connectivity index (χ0n) is 12.3. The molecule has 0 saturated heterocycles. The molecular formula is C15H20FN5. The van der Waals surface area contributed by atoms with Crippen molar-refractivity contribution in [1.82, 2.24) is 20.8 Å². The summed E-state index contributed by atoms with van der Waals surface area (Å²) in [7, 11) is 0. The fourth-order valence-electron chi connectivity index (χ4n) is 1.81. The summed E-state index contributed by atoms with van der Waals surface area (Å²) in [6, 6.07) is 7.08. The van der Waals surface area contributed by atoms with Gasteiger partial charge in [-0.15, -0.1) is 0 Å². The van der Waals surface area contributed by atoms with Crippen LogP contribution in [0.15, 0.2) is 35.5 Å². The molecule has 112 valence electrons. The fourth-order valence-corrected chi connectivity index (χ4v) is 1.81. The maximum Gasteiger partial charge on any atom is 0.191 e. The lowest BCUT2D eigenvalue weighted by molar-refractivity contribution is 0.616. The molecule has 0 aliphatic rings. The molecule has 0 radical (unpaired) electrons. The van der Waals surface area contributed by atoms with Crippen molar-refractivity contribution < 1.29 is 4.39 Å². The maximum atomic E-state index is 13.5. The third-order valence-corrected chi connectivity index (χ3v) is 3.00. The molecule has 0 fully saturated rings. The molecule has 0 spiro atoms. The van der Waals surface area contributed by atoms with E-state index >= 15 is 0 Å². The Kier molecular flexibility index (Phi) is 5.31. The highest BCUT2D eigenvalue weighted by atomic mass is 19.1. The summed E-state index contributed by atoms with van der Waals surface area (Å²) in [6.45, 7) is 5.54. The maximum absolute atomic E-state index is 13.5. The van der Waals surface area contributed by atoms with Gasteiger partial charge in [0.05, 0.1) is 18.8 Å². The number of aryl methyl sites for hydroxylation is 1. The molecule has 2 rings (SSSR count). The van der Waals surface area contributed by atoms with Crippen molar-refractivity contribution in [3.63, 3.8) is 0 Å². The van der Waals surface area contributed by atoms with Crippen molar-refractivity contribution in [2.45, 2.75) is 26.9 Å². The second-order valence-electron chi connectivity index (χ2n) is 4.71. The first-order chi connectivity index (χ1) is 10.2. The van der Waals surface area contributed by atoms with E-state index in [4.69, 9.17) is 0 Å². The van der Waals surface area contributed by atoms with E-state index in [0.29, 0.717) is 24.6 Å². The third-order valence-electron chi connectivity index (χ3n) is 3.00. The number of aromatic amines is 1. The van der Waals surface area contributed by atoms with Crippen LogP contribution in [-0.4, -0.2) is 22.7 Å². The molecule has 0 unspecified atom stereocenters. The second-order valence-corrected chi connectivity index (χ2v) is 4.71. The Bertz CT molecular complexity index is 592. The Morgan fingerprint density at radius 2 is 2.19 bits per heavy atom.